The van der Waals surface area contributed by atoms with Crippen LogP contribution >= 0.6 is 11.6 Å². The van der Waals surface area contributed by atoms with E-state index >= 15 is 0 Å². The van der Waals surface area contributed by atoms with Crippen LogP contribution in [-0.4, -0.2) is 40.2 Å². The van der Waals surface area contributed by atoms with Crippen molar-refractivity contribution >= 4 is 47.0 Å². The standard InChI is InChI=1S/C18H16ClFN8O2/c1-27(2)18-24-16(22-13-6-4-12(20)5-7-13)23-17(25-18)26-21-10-11-3-8-14(19)15(9-11)28(29)30/h3-10H,1-2H3,(H2,22,23,24,25,26)/b21-10+. The van der Waals surface area contributed by atoms with E-state index in [1.54, 1.807) is 37.2 Å². The number of hydrogen-bond acceptors (Lipinski definition) is 9. The van der Waals surface area contributed by atoms with Crippen LogP contribution in [0.25, 0.3) is 0 Å². The zero-order valence-corrected chi connectivity index (χ0v) is 16.6. The first-order valence-corrected chi connectivity index (χ1v) is 8.88. The van der Waals surface area contributed by atoms with E-state index in [4.69, 9.17) is 11.6 Å². The zero-order chi connectivity index (χ0) is 21.7. The zero-order valence-electron chi connectivity index (χ0n) is 15.9. The molecule has 0 aliphatic heterocycles. The second kappa shape index (κ2) is 9.09. The molecule has 0 aliphatic rings. The summed E-state index contributed by atoms with van der Waals surface area (Å²) >= 11 is 5.80. The van der Waals surface area contributed by atoms with E-state index in [1.165, 1.54) is 30.5 Å². The molecule has 0 radical (unpaired) electrons. The van der Waals surface area contributed by atoms with E-state index in [1.807, 2.05) is 0 Å². The van der Waals surface area contributed by atoms with Gasteiger partial charge in [0, 0.05) is 31.4 Å². The van der Waals surface area contributed by atoms with Crippen molar-refractivity contribution in [2.24, 2.45) is 5.10 Å². The number of halogens is 2. The first kappa shape index (κ1) is 20.9. The maximum Gasteiger partial charge on any atom is 0.288 e. The summed E-state index contributed by atoms with van der Waals surface area (Å²) in [5.74, 6) is 0.358. The van der Waals surface area contributed by atoms with Crippen molar-refractivity contribution in [2.45, 2.75) is 0 Å². The summed E-state index contributed by atoms with van der Waals surface area (Å²) in [6.45, 7) is 0. The van der Waals surface area contributed by atoms with Crippen molar-refractivity contribution in [1.82, 2.24) is 15.0 Å². The Hall–Kier alpha value is -3.86. The summed E-state index contributed by atoms with van der Waals surface area (Å²) in [6, 6.07) is 10.0. The van der Waals surface area contributed by atoms with Gasteiger partial charge in [-0.2, -0.15) is 20.1 Å². The Kier molecular flexibility index (Phi) is 6.32. The van der Waals surface area contributed by atoms with Gasteiger partial charge in [0.25, 0.3) is 5.69 Å². The van der Waals surface area contributed by atoms with Gasteiger partial charge in [0.2, 0.25) is 17.8 Å². The van der Waals surface area contributed by atoms with E-state index in [2.05, 4.69) is 30.8 Å². The van der Waals surface area contributed by atoms with Crippen LogP contribution < -0.4 is 15.6 Å². The molecule has 10 nitrogen and oxygen atoms in total. The van der Waals surface area contributed by atoms with Crippen molar-refractivity contribution in [3.63, 3.8) is 0 Å². The summed E-state index contributed by atoms with van der Waals surface area (Å²) in [6.07, 6.45) is 1.37. The molecule has 0 amide bonds. The molecule has 30 heavy (non-hydrogen) atoms. The second-order valence-electron chi connectivity index (χ2n) is 6.15. The topological polar surface area (TPSA) is 121 Å². The molecule has 154 valence electrons. The quantitative estimate of drug-likeness (QED) is 0.329. The van der Waals surface area contributed by atoms with Crippen LogP contribution in [0.4, 0.5) is 33.6 Å². The minimum absolute atomic E-state index is 0.0368. The number of benzene rings is 2. The highest BCUT2D eigenvalue weighted by Gasteiger charge is 2.12. The third-order valence-electron chi connectivity index (χ3n) is 3.67. The Balaban J connectivity index is 1.80. The number of hydrogen-bond donors (Lipinski definition) is 2. The van der Waals surface area contributed by atoms with Crippen molar-refractivity contribution in [1.29, 1.82) is 0 Å². The maximum absolute atomic E-state index is 13.1. The van der Waals surface area contributed by atoms with Crippen LogP contribution in [0.15, 0.2) is 47.6 Å². The molecule has 2 N–H and O–H groups in total. The number of nitro groups is 1. The molecule has 2 aromatic carbocycles. The van der Waals surface area contributed by atoms with E-state index in [0.29, 0.717) is 17.2 Å². The van der Waals surface area contributed by atoms with Gasteiger partial charge in [0.15, 0.2) is 0 Å². The highest BCUT2D eigenvalue weighted by atomic mass is 35.5. The van der Waals surface area contributed by atoms with Crippen molar-refractivity contribution in [3.8, 4) is 0 Å². The summed E-state index contributed by atoms with van der Waals surface area (Å²) in [4.78, 5) is 24.8. The number of anilines is 4. The molecule has 3 aromatic rings. The largest absolute Gasteiger partial charge is 0.347 e. The molecule has 0 spiro atoms. The van der Waals surface area contributed by atoms with Crippen molar-refractivity contribution in [3.05, 3.63) is 69.0 Å². The lowest BCUT2D eigenvalue weighted by molar-refractivity contribution is -0.384. The Morgan fingerprint density at radius 3 is 2.50 bits per heavy atom. The van der Waals surface area contributed by atoms with Gasteiger partial charge in [-0.1, -0.05) is 17.7 Å². The Bertz CT molecular complexity index is 1090. The van der Waals surface area contributed by atoms with Gasteiger partial charge in [0.1, 0.15) is 10.8 Å². The number of aromatic nitrogens is 3. The van der Waals surface area contributed by atoms with Gasteiger partial charge in [-0.15, -0.1) is 0 Å². The molecule has 0 atom stereocenters. The fourth-order valence-corrected chi connectivity index (χ4v) is 2.43. The van der Waals surface area contributed by atoms with Crippen LogP contribution in [0.1, 0.15) is 5.56 Å². The lowest BCUT2D eigenvalue weighted by atomic mass is 10.2. The summed E-state index contributed by atoms with van der Waals surface area (Å²) < 4.78 is 13.1. The van der Waals surface area contributed by atoms with Gasteiger partial charge in [0.05, 0.1) is 11.1 Å². The highest BCUT2D eigenvalue weighted by molar-refractivity contribution is 6.32. The number of hydrazone groups is 1. The number of rotatable bonds is 7. The predicted octanol–water partition coefficient (Wildman–Crippen LogP) is 3.83. The minimum atomic E-state index is -0.574. The molecule has 0 fully saturated rings. The Morgan fingerprint density at radius 1 is 1.13 bits per heavy atom. The summed E-state index contributed by atoms with van der Waals surface area (Å²) in [5.41, 5.74) is 3.50. The van der Waals surface area contributed by atoms with E-state index in [0.717, 1.165) is 0 Å². The number of nitro benzene ring substituents is 1. The fraction of sp³-hybridized carbons (Fsp3) is 0.111. The molecular weight excluding hydrogens is 415 g/mol. The van der Waals surface area contributed by atoms with Crippen LogP contribution in [0, 0.1) is 15.9 Å². The highest BCUT2D eigenvalue weighted by Crippen LogP contribution is 2.24. The molecule has 0 saturated heterocycles. The lowest BCUT2D eigenvalue weighted by Gasteiger charge is -2.13. The van der Waals surface area contributed by atoms with Gasteiger partial charge >= 0.3 is 0 Å². The van der Waals surface area contributed by atoms with Crippen molar-refractivity contribution in [2.75, 3.05) is 29.7 Å². The average molecular weight is 431 g/mol. The number of nitrogens with one attached hydrogen (secondary N) is 2. The molecule has 12 heteroatoms. The number of nitrogens with zero attached hydrogens (tertiary/aromatic N) is 6. The molecule has 3 rings (SSSR count). The minimum Gasteiger partial charge on any atom is -0.347 e. The third-order valence-corrected chi connectivity index (χ3v) is 3.99. The van der Waals surface area contributed by atoms with Gasteiger partial charge in [-0.25, -0.2) is 9.82 Å². The second-order valence-corrected chi connectivity index (χ2v) is 6.55. The first-order chi connectivity index (χ1) is 14.3. The van der Waals surface area contributed by atoms with E-state index in [-0.39, 0.29) is 28.4 Å². The predicted molar refractivity (Wildman–Crippen MR) is 113 cm³/mol. The maximum atomic E-state index is 13.1. The molecule has 1 aromatic heterocycles. The average Bonchev–Trinajstić information content (AvgIpc) is 2.70. The lowest BCUT2D eigenvalue weighted by Crippen LogP contribution is -2.15. The van der Waals surface area contributed by atoms with Crippen LogP contribution in [0.2, 0.25) is 5.02 Å². The third kappa shape index (κ3) is 5.35. The molecule has 0 bridgehead atoms. The van der Waals surface area contributed by atoms with E-state index < -0.39 is 4.92 Å². The molecule has 0 aliphatic carbocycles. The van der Waals surface area contributed by atoms with Gasteiger partial charge in [-0.05, 0) is 30.3 Å². The van der Waals surface area contributed by atoms with Gasteiger partial charge < -0.3 is 10.2 Å². The molecule has 0 saturated carbocycles. The normalized spacial score (nSPS) is 10.8. The fourth-order valence-electron chi connectivity index (χ4n) is 2.25. The molecular formula is C18H16ClFN8O2. The smallest absolute Gasteiger partial charge is 0.288 e. The monoisotopic (exact) mass is 430 g/mol. The SMILES string of the molecule is CN(C)c1nc(N/N=C/c2ccc(Cl)c([N+](=O)[O-])c2)nc(Nc2ccc(F)cc2)n1. The first-order valence-electron chi connectivity index (χ1n) is 8.51. The van der Waals surface area contributed by atoms with E-state index in [9.17, 15) is 14.5 Å². The Morgan fingerprint density at radius 2 is 1.83 bits per heavy atom. The summed E-state index contributed by atoms with van der Waals surface area (Å²) in [7, 11) is 3.52. The summed E-state index contributed by atoms with van der Waals surface area (Å²) in [5, 5.41) is 18.0. The van der Waals surface area contributed by atoms with Crippen LogP contribution in [0.5, 0.6) is 0 Å². The van der Waals surface area contributed by atoms with Crippen LogP contribution in [-0.2, 0) is 0 Å². The Labute approximate surface area is 175 Å². The molecule has 1 heterocycles. The molecule has 0 unspecified atom stereocenters. The van der Waals surface area contributed by atoms with Gasteiger partial charge in [-0.3, -0.25) is 10.1 Å². The van der Waals surface area contributed by atoms with Crippen LogP contribution in [0.3, 0.4) is 0 Å². The van der Waals surface area contributed by atoms with Crippen molar-refractivity contribution < 1.29 is 9.31 Å².